The Morgan fingerprint density at radius 2 is 1.91 bits per heavy atom. The van der Waals surface area contributed by atoms with E-state index in [4.69, 9.17) is 33.7 Å². The number of ether oxygens (including phenoxy) is 1. The van der Waals surface area contributed by atoms with E-state index in [-0.39, 0.29) is 5.56 Å². The van der Waals surface area contributed by atoms with Crippen LogP contribution in [0.3, 0.4) is 0 Å². The highest BCUT2D eigenvalue weighted by Crippen LogP contribution is 2.25. The summed E-state index contributed by atoms with van der Waals surface area (Å²) in [6.07, 6.45) is 0. The lowest BCUT2D eigenvalue weighted by molar-refractivity contribution is -0.119. The van der Waals surface area contributed by atoms with Crippen LogP contribution in [0.25, 0.3) is 0 Å². The molecule has 7 heteroatoms. The number of hydrogen-bond acceptors (Lipinski definition) is 4. The van der Waals surface area contributed by atoms with Crippen LogP contribution in [0.15, 0.2) is 36.4 Å². The topological polar surface area (TPSA) is 81.4 Å². The lowest BCUT2D eigenvalue weighted by Gasteiger charge is -2.09. The second-order valence-electron chi connectivity index (χ2n) is 4.79. The molecule has 0 radical (unpaired) electrons. The Balaban J connectivity index is 1.94. The third kappa shape index (κ3) is 4.37. The van der Waals surface area contributed by atoms with Gasteiger partial charge < -0.3 is 15.8 Å². The Morgan fingerprint density at radius 3 is 2.61 bits per heavy atom. The fourth-order valence-corrected chi connectivity index (χ4v) is 2.14. The van der Waals surface area contributed by atoms with E-state index >= 15 is 0 Å². The van der Waals surface area contributed by atoms with E-state index in [1.54, 1.807) is 37.3 Å². The highest BCUT2D eigenvalue weighted by Gasteiger charge is 2.14. The molecule has 0 aliphatic rings. The van der Waals surface area contributed by atoms with Gasteiger partial charge >= 0.3 is 5.97 Å². The Kier molecular flexibility index (Phi) is 5.47. The summed E-state index contributed by atoms with van der Waals surface area (Å²) in [7, 11) is 0. The number of carbonyl (C=O) groups is 2. The maximum absolute atomic E-state index is 12.0. The molecule has 5 nitrogen and oxygen atoms in total. The van der Waals surface area contributed by atoms with Crippen molar-refractivity contribution in [3.05, 3.63) is 57.6 Å². The standard InChI is InChI=1S/C16H14Cl2N2O3/c1-9-3-2-4-11(15(9)19)16(22)23-8-14(21)20-10-5-6-12(17)13(18)7-10/h2-7H,8,19H2,1H3,(H,20,21). The number of nitrogens with two attached hydrogens (primary N) is 1. The Labute approximate surface area is 143 Å². The third-order valence-corrected chi connectivity index (χ3v) is 3.82. The van der Waals surface area contributed by atoms with Gasteiger partial charge in [-0.3, -0.25) is 4.79 Å². The van der Waals surface area contributed by atoms with Crippen LogP contribution in [0.5, 0.6) is 0 Å². The molecule has 0 fully saturated rings. The van der Waals surface area contributed by atoms with Gasteiger partial charge in [-0.1, -0.05) is 35.3 Å². The molecular weight excluding hydrogens is 339 g/mol. The van der Waals surface area contributed by atoms with Crippen molar-refractivity contribution in [2.45, 2.75) is 6.92 Å². The van der Waals surface area contributed by atoms with Crippen molar-refractivity contribution < 1.29 is 14.3 Å². The Morgan fingerprint density at radius 1 is 1.17 bits per heavy atom. The number of halogens is 2. The van der Waals surface area contributed by atoms with E-state index in [0.717, 1.165) is 5.56 Å². The first-order chi connectivity index (χ1) is 10.9. The maximum Gasteiger partial charge on any atom is 0.340 e. The van der Waals surface area contributed by atoms with Crippen molar-refractivity contribution >= 4 is 46.5 Å². The summed E-state index contributed by atoms with van der Waals surface area (Å²) < 4.78 is 4.96. The Hall–Kier alpha value is -2.24. The first-order valence-electron chi connectivity index (χ1n) is 6.65. The van der Waals surface area contributed by atoms with Crippen LogP contribution in [-0.4, -0.2) is 18.5 Å². The lowest BCUT2D eigenvalue weighted by atomic mass is 10.1. The molecule has 0 bridgehead atoms. The quantitative estimate of drug-likeness (QED) is 0.649. The van der Waals surface area contributed by atoms with Crippen LogP contribution in [-0.2, 0) is 9.53 Å². The van der Waals surface area contributed by atoms with E-state index in [0.29, 0.717) is 21.4 Å². The predicted octanol–water partition coefficient (Wildman–Crippen LogP) is 3.68. The van der Waals surface area contributed by atoms with Gasteiger partial charge in [0.05, 0.1) is 15.6 Å². The number of carbonyl (C=O) groups excluding carboxylic acids is 2. The summed E-state index contributed by atoms with van der Waals surface area (Å²) in [6, 6.07) is 9.66. The maximum atomic E-state index is 12.0. The molecule has 2 aromatic rings. The van der Waals surface area contributed by atoms with Gasteiger partial charge in [0.25, 0.3) is 5.91 Å². The number of anilines is 2. The Bertz CT molecular complexity index is 763. The van der Waals surface area contributed by atoms with Gasteiger partial charge in [0, 0.05) is 11.4 Å². The van der Waals surface area contributed by atoms with E-state index in [1.165, 1.54) is 6.07 Å². The average molecular weight is 353 g/mol. The number of nitrogens with one attached hydrogen (secondary N) is 1. The number of hydrogen-bond donors (Lipinski definition) is 2. The molecule has 0 saturated carbocycles. The van der Waals surface area contributed by atoms with Crippen LogP contribution < -0.4 is 11.1 Å². The number of rotatable bonds is 4. The fourth-order valence-electron chi connectivity index (χ4n) is 1.84. The molecule has 0 aromatic heterocycles. The molecule has 0 spiro atoms. The van der Waals surface area contributed by atoms with Crippen molar-refractivity contribution in [1.82, 2.24) is 0 Å². The summed E-state index contributed by atoms with van der Waals surface area (Å²) in [5.41, 5.74) is 7.60. The molecular formula is C16H14Cl2N2O3. The van der Waals surface area contributed by atoms with Gasteiger partial charge in [0.15, 0.2) is 6.61 Å². The number of benzene rings is 2. The number of amides is 1. The monoisotopic (exact) mass is 352 g/mol. The first kappa shape index (κ1) is 17.1. The molecule has 2 rings (SSSR count). The zero-order valence-corrected chi connectivity index (χ0v) is 13.7. The second-order valence-corrected chi connectivity index (χ2v) is 5.60. The zero-order valence-electron chi connectivity index (χ0n) is 12.2. The van der Waals surface area contributed by atoms with Gasteiger partial charge in [-0.2, -0.15) is 0 Å². The summed E-state index contributed by atoms with van der Waals surface area (Å²) >= 11 is 11.6. The van der Waals surface area contributed by atoms with E-state index in [2.05, 4.69) is 5.32 Å². The number of para-hydroxylation sites is 1. The van der Waals surface area contributed by atoms with Crippen LogP contribution >= 0.6 is 23.2 Å². The normalized spacial score (nSPS) is 10.2. The molecule has 3 N–H and O–H groups in total. The number of nitrogen functional groups attached to an aromatic ring is 1. The van der Waals surface area contributed by atoms with Crippen molar-refractivity contribution in [2.75, 3.05) is 17.7 Å². The average Bonchev–Trinajstić information content (AvgIpc) is 2.51. The van der Waals surface area contributed by atoms with Crippen molar-refractivity contribution in [3.63, 3.8) is 0 Å². The summed E-state index contributed by atoms with van der Waals surface area (Å²) in [5.74, 6) is -1.15. The smallest absolute Gasteiger partial charge is 0.340 e. The zero-order chi connectivity index (χ0) is 17.0. The second kappa shape index (κ2) is 7.35. The highest BCUT2D eigenvalue weighted by molar-refractivity contribution is 6.42. The molecule has 23 heavy (non-hydrogen) atoms. The van der Waals surface area contributed by atoms with E-state index in [1.807, 2.05) is 0 Å². The summed E-state index contributed by atoms with van der Waals surface area (Å²) in [4.78, 5) is 23.8. The number of aryl methyl sites for hydroxylation is 1. The van der Waals surface area contributed by atoms with E-state index < -0.39 is 18.5 Å². The van der Waals surface area contributed by atoms with Gasteiger partial charge in [-0.25, -0.2) is 4.79 Å². The molecule has 0 atom stereocenters. The fraction of sp³-hybridized carbons (Fsp3) is 0.125. The van der Waals surface area contributed by atoms with Gasteiger partial charge in [-0.15, -0.1) is 0 Å². The van der Waals surface area contributed by atoms with Crippen LogP contribution in [0.4, 0.5) is 11.4 Å². The van der Waals surface area contributed by atoms with Crippen molar-refractivity contribution in [3.8, 4) is 0 Å². The lowest BCUT2D eigenvalue weighted by Crippen LogP contribution is -2.21. The van der Waals surface area contributed by atoms with Gasteiger partial charge in [0.1, 0.15) is 0 Å². The molecule has 0 unspecified atom stereocenters. The minimum atomic E-state index is -0.657. The molecule has 0 heterocycles. The van der Waals surface area contributed by atoms with Crippen LogP contribution in [0, 0.1) is 6.92 Å². The molecule has 1 amide bonds. The SMILES string of the molecule is Cc1cccc(C(=O)OCC(=O)Nc2ccc(Cl)c(Cl)c2)c1N. The minimum Gasteiger partial charge on any atom is -0.452 e. The first-order valence-corrected chi connectivity index (χ1v) is 7.41. The minimum absolute atomic E-state index is 0.229. The van der Waals surface area contributed by atoms with Gasteiger partial charge in [0.2, 0.25) is 0 Å². The number of esters is 1. The van der Waals surface area contributed by atoms with E-state index in [9.17, 15) is 9.59 Å². The molecule has 2 aromatic carbocycles. The van der Waals surface area contributed by atoms with Gasteiger partial charge in [-0.05, 0) is 36.8 Å². The highest BCUT2D eigenvalue weighted by atomic mass is 35.5. The summed E-state index contributed by atoms with van der Waals surface area (Å²) in [5, 5.41) is 3.25. The molecule has 0 aliphatic carbocycles. The van der Waals surface area contributed by atoms with Crippen LogP contribution in [0.1, 0.15) is 15.9 Å². The molecule has 120 valence electrons. The predicted molar refractivity (Wildman–Crippen MR) is 91.0 cm³/mol. The summed E-state index contributed by atoms with van der Waals surface area (Å²) in [6.45, 7) is 1.34. The van der Waals surface area contributed by atoms with Crippen molar-refractivity contribution in [1.29, 1.82) is 0 Å². The third-order valence-electron chi connectivity index (χ3n) is 3.08. The molecule has 0 saturated heterocycles. The van der Waals surface area contributed by atoms with Crippen LogP contribution in [0.2, 0.25) is 10.0 Å². The van der Waals surface area contributed by atoms with Crippen molar-refractivity contribution in [2.24, 2.45) is 0 Å². The molecule has 0 aliphatic heterocycles. The largest absolute Gasteiger partial charge is 0.452 e.